The lowest BCUT2D eigenvalue weighted by atomic mass is 9.52. The van der Waals surface area contributed by atoms with Crippen LogP contribution in [0.3, 0.4) is 0 Å². The highest BCUT2D eigenvalue weighted by atomic mass is 16.3. The van der Waals surface area contributed by atoms with Crippen LogP contribution in [-0.4, -0.2) is 102 Å². The van der Waals surface area contributed by atoms with E-state index in [1.165, 1.54) is 30.6 Å². The molecule has 4 aliphatic carbocycles. The third-order valence-electron chi connectivity index (χ3n) is 11.6. The third kappa shape index (κ3) is 4.45. The number of carbonyl (C=O) groups is 5. The summed E-state index contributed by atoms with van der Waals surface area (Å²) in [4.78, 5) is 73.2. The minimum Gasteiger partial charge on any atom is -0.507 e. The number of anilines is 1. The Bertz CT molecular complexity index is 1440. The number of nitrogens with two attached hydrogens (primary N) is 1. The fraction of sp³-hybridized carbons (Fsp3) is 0.667. The molecule has 2 unspecified atom stereocenters. The molecule has 1 saturated heterocycles. The number of piperidine rings is 1. The topological polar surface area (TPSA) is 162 Å². The maximum atomic E-state index is 14.3. The first-order chi connectivity index (χ1) is 20.7. The van der Waals surface area contributed by atoms with Gasteiger partial charge in [-0.2, -0.15) is 0 Å². The zero-order valence-corrected chi connectivity index (χ0v) is 26.1. The van der Waals surface area contributed by atoms with E-state index in [-0.39, 0.29) is 24.2 Å². The van der Waals surface area contributed by atoms with Crippen LogP contribution in [0, 0.1) is 29.1 Å². The highest BCUT2D eigenvalue weighted by Gasteiger charge is 2.69. The number of Topliss-reactive ketones (excluding diaryl/α,β-unsaturated/α-hetero) is 4. The zero-order chi connectivity index (χ0) is 31.9. The highest BCUT2D eigenvalue weighted by Crippen LogP contribution is 2.52. The maximum Gasteiger partial charge on any atom is 0.235 e. The van der Waals surface area contributed by atoms with Crippen molar-refractivity contribution in [3.05, 3.63) is 22.8 Å². The first-order valence-electron chi connectivity index (χ1n) is 15.8. The summed E-state index contributed by atoms with van der Waals surface area (Å²) in [6, 6.07) is 0.810. The van der Waals surface area contributed by atoms with Crippen molar-refractivity contribution in [2.75, 3.05) is 46.2 Å². The van der Waals surface area contributed by atoms with Gasteiger partial charge < -0.3 is 20.8 Å². The molecule has 0 bridgehead atoms. The number of aliphatic hydroxyl groups is 1. The molecule has 5 aliphatic rings. The summed E-state index contributed by atoms with van der Waals surface area (Å²) >= 11 is 0. The smallest absolute Gasteiger partial charge is 0.235 e. The van der Waals surface area contributed by atoms with Gasteiger partial charge in [0.1, 0.15) is 5.75 Å². The van der Waals surface area contributed by atoms with Crippen molar-refractivity contribution in [1.82, 2.24) is 9.80 Å². The Kier molecular flexibility index (Phi) is 7.53. The summed E-state index contributed by atoms with van der Waals surface area (Å²) in [5.74, 6) is -10.2. The van der Waals surface area contributed by atoms with Crippen LogP contribution in [0.5, 0.6) is 5.75 Å². The van der Waals surface area contributed by atoms with Crippen LogP contribution in [0.2, 0.25) is 0 Å². The number of benzene rings is 1. The Morgan fingerprint density at radius 3 is 2.23 bits per heavy atom. The van der Waals surface area contributed by atoms with Crippen molar-refractivity contribution in [1.29, 1.82) is 0 Å². The highest BCUT2D eigenvalue weighted by molar-refractivity contribution is 6.32. The van der Waals surface area contributed by atoms with Crippen LogP contribution in [0.15, 0.2) is 6.07 Å². The molecule has 4 N–H and O–H groups in total. The molecule has 1 aromatic carbocycles. The second kappa shape index (κ2) is 10.7. The van der Waals surface area contributed by atoms with E-state index in [0.29, 0.717) is 23.1 Å². The number of phenolic OH excluding ortho intramolecular Hbond substituents is 1. The minimum absolute atomic E-state index is 0.0365. The molecule has 1 spiro atoms. The molecule has 11 heteroatoms. The number of primary amides is 1. The fourth-order valence-electron chi connectivity index (χ4n) is 9.28. The molecule has 6 rings (SSSR count). The fourth-order valence-corrected chi connectivity index (χ4v) is 9.28. The van der Waals surface area contributed by atoms with Crippen molar-refractivity contribution in [2.24, 2.45) is 34.8 Å². The van der Waals surface area contributed by atoms with Crippen LogP contribution < -0.4 is 10.6 Å². The molecule has 4 fully saturated rings. The Balaban J connectivity index is 1.37. The molecule has 1 heterocycles. The summed E-state index contributed by atoms with van der Waals surface area (Å²) in [7, 11) is 6.89. The Morgan fingerprint density at radius 1 is 1.02 bits per heavy atom. The SMILES string of the molecule is CN(C)c1cc(CN2CCC3(CCCC3)CC2)c(O)c2c1C[C@H]1C[C@H]3[C@H](N(C)C)C(=O)C(C(N)=O)C(=O)[C@@]3(O)C(=O)C1C2=O. The summed E-state index contributed by atoms with van der Waals surface area (Å²) in [6.45, 7) is 2.28. The maximum absolute atomic E-state index is 14.3. The van der Waals surface area contributed by atoms with Gasteiger partial charge in [0, 0.05) is 37.8 Å². The molecular formula is C33H44N4O7. The van der Waals surface area contributed by atoms with Gasteiger partial charge in [-0.25, -0.2) is 0 Å². The molecule has 1 aromatic rings. The molecular weight excluding hydrogens is 564 g/mol. The number of hydrogen-bond donors (Lipinski definition) is 3. The number of aromatic hydroxyl groups is 1. The second-order valence-corrected chi connectivity index (χ2v) is 14.4. The predicted molar refractivity (Wildman–Crippen MR) is 161 cm³/mol. The lowest BCUT2D eigenvalue weighted by Crippen LogP contribution is -2.74. The summed E-state index contributed by atoms with van der Waals surface area (Å²) in [5, 5.41) is 23.5. The zero-order valence-electron chi connectivity index (χ0n) is 26.1. The van der Waals surface area contributed by atoms with Crippen LogP contribution in [-0.2, 0) is 32.1 Å². The number of carbonyl (C=O) groups excluding carboxylic acids is 5. The Labute approximate surface area is 257 Å². The van der Waals surface area contributed by atoms with Gasteiger partial charge in [0.05, 0.1) is 17.5 Å². The Hall–Kier alpha value is -3.15. The second-order valence-electron chi connectivity index (χ2n) is 14.4. The first kappa shape index (κ1) is 30.9. The van der Waals surface area contributed by atoms with Crippen molar-refractivity contribution < 1.29 is 34.2 Å². The van der Waals surface area contributed by atoms with Crippen LogP contribution in [0.25, 0.3) is 0 Å². The molecule has 3 saturated carbocycles. The lowest BCUT2D eigenvalue weighted by Gasteiger charge is -2.52. The minimum atomic E-state index is -2.72. The van der Waals surface area contributed by atoms with Gasteiger partial charge in [0.15, 0.2) is 34.7 Å². The van der Waals surface area contributed by atoms with Gasteiger partial charge in [-0.05, 0) is 88.7 Å². The van der Waals surface area contributed by atoms with Gasteiger partial charge in [0.2, 0.25) is 5.91 Å². The first-order valence-corrected chi connectivity index (χ1v) is 15.8. The average molecular weight is 609 g/mol. The number of phenols is 1. The van der Waals surface area contributed by atoms with Crippen LogP contribution in [0.1, 0.15) is 66.4 Å². The van der Waals surface area contributed by atoms with E-state index < -0.39 is 64.4 Å². The quantitative estimate of drug-likeness (QED) is 0.413. The largest absolute Gasteiger partial charge is 0.507 e. The van der Waals surface area contributed by atoms with E-state index in [0.717, 1.165) is 31.6 Å². The Morgan fingerprint density at radius 2 is 1.66 bits per heavy atom. The molecule has 0 aromatic heterocycles. The summed E-state index contributed by atoms with van der Waals surface area (Å²) < 4.78 is 0. The summed E-state index contributed by atoms with van der Waals surface area (Å²) in [5.41, 5.74) is 5.18. The van der Waals surface area contributed by atoms with Crippen molar-refractivity contribution >= 4 is 34.7 Å². The number of rotatable bonds is 5. The van der Waals surface area contributed by atoms with Gasteiger partial charge in [-0.15, -0.1) is 0 Å². The number of likely N-dealkylation sites (N-methyl/N-ethyl adjacent to an activating group) is 1. The number of ketones is 4. The number of nitrogens with zero attached hydrogens (tertiary/aromatic N) is 3. The van der Waals surface area contributed by atoms with Crippen molar-refractivity contribution in [3.8, 4) is 5.75 Å². The van der Waals surface area contributed by atoms with E-state index in [1.54, 1.807) is 14.1 Å². The molecule has 44 heavy (non-hydrogen) atoms. The standard InChI is InChI=1S/C33H44N4O7/c1-35(2)21-15-18(16-37-11-9-32(10-12-37)7-5-6-8-32)26(38)23-19(21)13-17-14-20-25(36(3)4)28(40)24(31(34)43)30(42)33(20,44)29(41)22(17)27(23)39/h15,17,20,22,24-25,38,44H,5-14,16H2,1-4H3,(H2,34,43)/t17-,20-,22?,24?,25-,33-/m0/s1. The van der Waals surface area contributed by atoms with Gasteiger partial charge >= 0.3 is 0 Å². The number of amides is 1. The van der Waals surface area contributed by atoms with Crippen molar-refractivity contribution in [3.63, 3.8) is 0 Å². The van der Waals surface area contributed by atoms with Gasteiger partial charge in [0.25, 0.3) is 0 Å². The number of likely N-dealkylation sites (tertiary alicyclic amines) is 1. The lowest BCUT2D eigenvalue weighted by molar-refractivity contribution is -0.181. The molecule has 1 aliphatic heterocycles. The third-order valence-corrected chi connectivity index (χ3v) is 11.6. The normalized spacial score (nSPS) is 33.4. The summed E-state index contributed by atoms with van der Waals surface area (Å²) in [6.07, 6.45) is 7.66. The van der Waals surface area contributed by atoms with E-state index in [4.69, 9.17) is 5.73 Å². The average Bonchev–Trinajstić information content (AvgIpc) is 3.40. The van der Waals surface area contributed by atoms with Crippen molar-refractivity contribution in [2.45, 2.75) is 69.6 Å². The molecule has 238 valence electrons. The van der Waals surface area contributed by atoms with Crippen LogP contribution >= 0.6 is 0 Å². The van der Waals surface area contributed by atoms with Gasteiger partial charge in [-0.3, -0.25) is 33.8 Å². The molecule has 0 radical (unpaired) electrons. The predicted octanol–water partition coefficient (Wildman–Crippen LogP) is 1.09. The molecule has 11 nitrogen and oxygen atoms in total. The molecule has 1 amide bonds. The van der Waals surface area contributed by atoms with Crippen LogP contribution in [0.4, 0.5) is 5.69 Å². The number of fused-ring (bicyclic) bond motifs is 3. The van der Waals surface area contributed by atoms with E-state index in [2.05, 4.69) is 4.90 Å². The molecule has 6 atom stereocenters. The van der Waals surface area contributed by atoms with Gasteiger partial charge in [-0.1, -0.05) is 12.8 Å². The number of hydrogen-bond acceptors (Lipinski definition) is 10. The monoisotopic (exact) mass is 608 g/mol. The van der Waals surface area contributed by atoms with E-state index in [9.17, 15) is 34.2 Å². The van der Waals surface area contributed by atoms with E-state index in [1.807, 2.05) is 25.1 Å². The van der Waals surface area contributed by atoms with E-state index >= 15 is 0 Å².